The highest BCUT2D eigenvalue weighted by atomic mass is 79.9. The summed E-state index contributed by atoms with van der Waals surface area (Å²) in [5.41, 5.74) is 3.16. The van der Waals surface area contributed by atoms with Crippen LogP contribution in [0.15, 0.2) is 46.0 Å². The molecular weight excluding hydrogens is 489 g/mol. The van der Waals surface area contributed by atoms with E-state index >= 15 is 0 Å². The SMILES string of the molecule is CCOC(=O)COc1c(Br)cc(C=NNC(=O)CC(=O)Nc2ccc(F)cc2)cc1OC. The van der Waals surface area contributed by atoms with Gasteiger partial charge in [0.1, 0.15) is 12.2 Å². The maximum atomic E-state index is 12.9. The maximum absolute atomic E-state index is 12.9. The van der Waals surface area contributed by atoms with Crippen molar-refractivity contribution in [2.75, 3.05) is 25.6 Å². The number of hydrogen-bond acceptors (Lipinski definition) is 7. The van der Waals surface area contributed by atoms with Gasteiger partial charge < -0.3 is 19.5 Å². The third-order valence-corrected chi connectivity index (χ3v) is 4.33. The topological polar surface area (TPSA) is 115 Å². The molecule has 9 nitrogen and oxygen atoms in total. The second-order valence-corrected chi connectivity index (χ2v) is 7.01. The van der Waals surface area contributed by atoms with Crippen LogP contribution >= 0.6 is 15.9 Å². The second-order valence-electron chi connectivity index (χ2n) is 6.15. The third-order valence-electron chi connectivity index (χ3n) is 3.74. The molecule has 2 aromatic carbocycles. The van der Waals surface area contributed by atoms with E-state index < -0.39 is 30.0 Å². The number of esters is 1. The minimum atomic E-state index is -0.638. The van der Waals surface area contributed by atoms with Gasteiger partial charge in [-0.05, 0) is 64.8 Å². The Morgan fingerprint density at radius 2 is 1.88 bits per heavy atom. The molecule has 0 aliphatic rings. The molecule has 0 unspecified atom stereocenters. The zero-order chi connectivity index (χ0) is 23.5. The van der Waals surface area contributed by atoms with Gasteiger partial charge in [-0.2, -0.15) is 5.10 Å². The van der Waals surface area contributed by atoms with Crippen molar-refractivity contribution in [2.24, 2.45) is 5.10 Å². The van der Waals surface area contributed by atoms with E-state index in [2.05, 4.69) is 31.8 Å². The predicted octanol–water partition coefficient (Wildman–Crippen LogP) is 3.02. The Morgan fingerprint density at radius 3 is 2.53 bits per heavy atom. The van der Waals surface area contributed by atoms with Crippen molar-refractivity contribution >= 4 is 45.6 Å². The van der Waals surface area contributed by atoms with E-state index in [1.165, 1.54) is 37.6 Å². The van der Waals surface area contributed by atoms with Gasteiger partial charge in [0.25, 0.3) is 0 Å². The second kappa shape index (κ2) is 12.4. The number of hydrogen-bond donors (Lipinski definition) is 2. The van der Waals surface area contributed by atoms with Gasteiger partial charge in [-0.15, -0.1) is 0 Å². The van der Waals surface area contributed by atoms with Crippen LogP contribution in [0.2, 0.25) is 0 Å². The Morgan fingerprint density at radius 1 is 1.16 bits per heavy atom. The lowest BCUT2D eigenvalue weighted by Gasteiger charge is -2.13. The van der Waals surface area contributed by atoms with Crippen LogP contribution in [-0.4, -0.2) is 44.3 Å². The summed E-state index contributed by atoms with van der Waals surface area (Å²) in [5.74, 6) is -1.53. The normalized spacial score (nSPS) is 10.5. The number of carbonyl (C=O) groups excluding carboxylic acids is 3. The third kappa shape index (κ3) is 7.99. The molecule has 2 aromatic rings. The number of benzene rings is 2. The van der Waals surface area contributed by atoms with Crippen molar-refractivity contribution in [2.45, 2.75) is 13.3 Å². The van der Waals surface area contributed by atoms with E-state index in [-0.39, 0.29) is 13.2 Å². The molecule has 11 heteroatoms. The lowest BCUT2D eigenvalue weighted by atomic mass is 10.2. The lowest BCUT2D eigenvalue weighted by molar-refractivity contribution is -0.145. The summed E-state index contributed by atoms with van der Waals surface area (Å²) in [6, 6.07) is 8.38. The monoisotopic (exact) mass is 509 g/mol. The highest BCUT2D eigenvalue weighted by Crippen LogP contribution is 2.36. The largest absolute Gasteiger partial charge is 0.493 e. The first-order valence-corrected chi connectivity index (χ1v) is 10.1. The Kier molecular flexibility index (Phi) is 9.61. The first-order chi connectivity index (χ1) is 15.3. The molecule has 0 aliphatic carbocycles. The standard InChI is InChI=1S/C21H21BrFN3O6/c1-3-31-20(29)12-32-21-16(22)8-13(9-17(21)30-2)11-24-26-19(28)10-18(27)25-15-6-4-14(23)5-7-15/h4-9,11H,3,10,12H2,1-2H3,(H,25,27)(H,26,28). The number of amides is 2. The van der Waals surface area contributed by atoms with E-state index in [0.717, 1.165) is 0 Å². The minimum Gasteiger partial charge on any atom is -0.493 e. The molecule has 0 aromatic heterocycles. The fourth-order valence-electron chi connectivity index (χ4n) is 2.39. The summed E-state index contributed by atoms with van der Waals surface area (Å²) in [5, 5.41) is 6.29. The summed E-state index contributed by atoms with van der Waals surface area (Å²) < 4.78 is 28.9. The van der Waals surface area contributed by atoms with Gasteiger partial charge in [0, 0.05) is 5.69 Å². The maximum Gasteiger partial charge on any atom is 0.344 e. The Labute approximate surface area is 192 Å². The number of anilines is 1. The van der Waals surface area contributed by atoms with Gasteiger partial charge in [0.05, 0.1) is 24.4 Å². The molecule has 170 valence electrons. The molecule has 0 radical (unpaired) electrons. The Hall–Kier alpha value is -3.47. The van der Waals surface area contributed by atoms with Crippen LogP contribution in [0.4, 0.5) is 10.1 Å². The molecule has 0 atom stereocenters. The number of hydrazone groups is 1. The van der Waals surface area contributed by atoms with E-state index in [9.17, 15) is 18.8 Å². The smallest absolute Gasteiger partial charge is 0.344 e. The number of nitrogens with one attached hydrogen (secondary N) is 2. The van der Waals surface area contributed by atoms with Gasteiger partial charge >= 0.3 is 5.97 Å². The fourth-order valence-corrected chi connectivity index (χ4v) is 2.96. The lowest BCUT2D eigenvalue weighted by Crippen LogP contribution is -2.24. The van der Waals surface area contributed by atoms with Crippen molar-refractivity contribution in [1.29, 1.82) is 0 Å². The molecule has 2 rings (SSSR count). The van der Waals surface area contributed by atoms with Crippen molar-refractivity contribution in [3.63, 3.8) is 0 Å². The molecule has 0 bridgehead atoms. The van der Waals surface area contributed by atoms with Crippen LogP contribution in [0.1, 0.15) is 18.9 Å². The van der Waals surface area contributed by atoms with Crippen LogP contribution in [-0.2, 0) is 19.1 Å². The highest BCUT2D eigenvalue weighted by molar-refractivity contribution is 9.10. The number of carbonyl (C=O) groups is 3. The quantitative estimate of drug-likeness (QED) is 0.220. The van der Waals surface area contributed by atoms with Crippen LogP contribution in [0.25, 0.3) is 0 Å². The van der Waals surface area contributed by atoms with Crippen LogP contribution in [0.3, 0.4) is 0 Å². The average Bonchev–Trinajstić information content (AvgIpc) is 2.74. The van der Waals surface area contributed by atoms with Crippen molar-refractivity contribution in [3.05, 3.63) is 52.3 Å². The Bertz CT molecular complexity index is 998. The van der Waals surface area contributed by atoms with Gasteiger partial charge in [-0.3, -0.25) is 9.59 Å². The fraction of sp³-hybridized carbons (Fsp3) is 0.238. The van der Waals surface area contributed by atoms with Crippen LogP contribution < -0.4 is 20.2 Å². The molecule has 0 saturated heterocycles. The molecule has 0 fully saturated rings. The van der Waals surface area contributed by atoms with Gasteiger partial charge in [-0.1, -0.05) is 0 Å². The van der Waals surface area contributed by atoms with Gasteiger partial charge in [-0.25, -0.2) is 14.6 Å². The zero-order valence-electron chi connectivity index (χ0n) is 17.3. The van der Waals surface area contributed by atoms with Crippen LogP contribution in [0, 0.1) is 5.82 Å². The summed E-state index contributed by atoms with van der Waals surface area (Å²) >= 11 is 3.33. The van der Waals surface area contributed by atoms with Gasteiger partial charge in [0.2, 0.25) is 11.8 Å². The predicted molar refractivity (Wildman–Crippen MR) is 118 cm³/mol. The highest BCUT2D eigenvalue weighted by Gasteiger charge is 2.14. The van der Waals surface area contributed by atoms with Gasteiger partial charge in [0.15, 0.2) is 18.1 Å². The molecule has 0 aliphatic heterocycles. The molecule has 2 amide bonds. The van der Waals surface area contributed by atoms with E-state index in [0.29, 0.717) is 27.2 Å². The number of methoxy groups -OCH3 is 1. The van der Waals surface area contributed by atoms with Crippen molar-refractivity contribution in [3.8, 4) is 11.5 Å². The molecule has 32 heavy (non-hydrogen) atoms. The average molecular weight is 510 g/mol. The number of rotatable bonds is 10. The number of ether oxygens (including phenoxy) is 3. The number of halogens is 2. The molecule has 0 spiro atoms. The summed E-state index contributed by atoms with van der Waals surface area (Å²) in [6.07, 6.45) is 0.876. The molecule has 0 saturated carbocycles. The molecule has 0 heterocycles. The van der Waals surface area contributed by atoms with Crippen molar-refractivity contribution < 1.29 is 33.0 Å². The Balaban J connectivity index is 1.92. The van der Waals surface area contributed by atoms with Crippen LogP contribution in [0.5, 0.6) is 11.5 Å². The minimum absolute atomic E-state index is 0.246. The van der Waals surface area contributed by atoms with E-state index in [4.69, 9.17) is 14.2 Å². The van der Waals surface area contributed by atoms with E-state index in [1.807, 2.05) is 0 Å². The summed E-state index contributed by atoms with van der Waals surface area (Å²) in [4.78, 5) is 35.2. The first kappa shape index (κ1) is 24.8. The molecular formula is C21H21BrFN3O6. The van der Waals surface area contributed by atoms with E-state index in [1.54, 1.807) is 19.1 Å². The summed E-state index contributed by atoms with van der Waals surface area (Å²) in [7, 11) is 1.43. The number of nitrogens with zero attached hydrogens (tertiary/aromatic N) is 1. The first-order valence-electron chi connectivity index (χ1n) is 9.35. The zero-order valence-corrected chi connectivity index (χ0v) is 18.9. The molecule has 2 N–H and O–H groups in total. The van der Waals surface area contributed by atoms with Crippen molar-refractivity contribution in [1.82, 2.24) is 5.43 Å². The summed E-state index contributed by atoms with van der Waals surface area (Å²) in [6.45, 7) is 1.65.